The van der Waals surface area contributed by atoms with Gasteiger partial charge in [0.2, 0.25) is 0 Å². The highest BCUT2D eigenvalue weighted by molar-refractivity contribution is 5.50. The standard InChI is InChI=1S/C11H12N2O/c1-13(9-3-8-12)10-4-6-11(14-2)7-5-10/h3-7,9H,1-2H3/b9-3+. The average molecular weight is 188 g/mol. The highest BCUT2D eigenvalue weighted by atomic mass is 16.5. The van der Waals surface area contributed by atoms with Gasteiger partial charge in [0.25, 0.3) is 0 Å². The summed E-state index contributed by atoms with van der Waals surface area (Å²) >= 11 is 0. The van der Waals surface area contributed by atoms with Gasteiger partial charge in [-0.05, 0) is 24.3 Å². The molecule has 0 saturated carbocycles. The van der Waals surface area contributed by atoms with E-state index in [4.69, 9.17) is 10.00 Å². The van der Waals surface area contributed by atoms with Crippen LogP contribution >= 0.6 is 0 Å². The van der Waals surface area contributed by atoms with Crippen LogP contribution in [0.1, 0.15) is 0 Å². The molecule has 0 saturated heterocycles. The minimum absolute atomic E-state index is 0.825. The van der Waals surface area contributed by atoms with Gasteiger partial charge in [-0.1, -0.05) is 0 Å². The number of nitrogens with zero attached hydrogens (tertiary/aromatic N) is 2. The molecule has 1 aromatic carbocycles. The predicted octanol–water partition coefficient (Wildman–Crippen LogP) is 2.17. The third-order valence-electron chi connectivity index (χ3n) is 1.85. The molecule has 0 aliphatic heterocycles. The van der Waals surface area contributed by atoms with Gasteiger partial charge in [-0.3, -0.25) is 0 Å². The van der Waals surface area contributed by atoms with Crippen molar-refractivity contribution < 1.29 is 4.74 Å². The lowest BCUT2D eigenvalue weighted by molar-refractivity contribution is 0.415. The average Bonchev–Trinajstić information content (AvgIpc) is 2.26. The van der Waals surface area contributed by atoms with Crippen LogP contribution in [0.3, 0.4) is 0 Å². The first-order chi connectivity index (χ1) is 6.77. The van der Waals surface area contributed by atoms with Crippen LogP contribution < -0.4 is 9.64 Å². The topological polar surface area (TPSA) is 36.3 Å². The summed E-state index contributed by atoms with van der Waals surface area (Å²) in [6, 6.07) is 9.57. The third kappa shape index (κ3) is 2.53. The molecule has 3 nitrogen and oxygen atoms in total. The Morgan fingerprint density at radius 2 is 2.00 bits per heavy atom. The molecule has 0 radical (unpaired) electrons. The predicted molar refractivity (Wildman–Crippen MR) is 56.2 cm³/mol. The maximum atomic E-state index is 8.36. The van der Waals surface area contributed by atoms with Gasteiger partial charge in [0.15, 0.2) is 0 Å². The molecule has 0 unspecified atom stereocenters. The van der Waals surface area contributed by atoms with E-state index in [0.29, 0.717) is 0 Å². The van der Waals surface area contributed by atoms with Crippen molar-refractivity contribution in [2.24, 2.45) is 0 Å². The summed E-state index contributed by atoms with van der Waals surface area (Å²) < 4.78 is 5.04. The zero-order valence-electron chi connectivity index (χ0n) is 8.27. The van der Waals surface area contributed by atoms with Crippen LogP contribution in [0.5, 0.6) is 5.75 Å². The van der Waals surface area contributed by atoms with Crippen molar-refractivity contribution in [2.75, 3.05) is 19.1 Å². The molecule has 3 heteroatoms. The highest BCUT2D eigenvalue weighted by Crippen LogP contribution is 2.17. The van der Waals surface area contributed by atoms with E-state index in [9.17, 15) is 0 Å². The number of nitriles is 1. The second-order valence-electron chi connectivity index (χ2n) is 2.75. The molecule has 72 valence electrons. The molecule has 0 amide bonds. The van der Waals surface area contributed by atoms with Gasteiger partial charge in [0.1, 0.15) is 5.75 Å². The number of hydrogen-bond donors (Lipinski definition) is 0. The van der Waals surface area contributed by atoms with Crippen molar-refractivity contribution in [1.82, 2.24) is 0 Å². The van der Waals surface area contributed by atoms with E-state index < -0.39 is 0 Å². The van der Waals surface area contributed by atoms with Crippen LogP contribution in [0, 0.1) is 11.3 Å². The number of benzene rings is 1. The quantitative estimate of drug-likeness (QED) is 0.682. The number of ether oxygens (including phenoxy) is 1. The molecule has 14 heavy (non-hydrogen) atoms. The summed E-state index contributed by atoms with van der Waals surface area (Å²) in [4.78, 5) is 1.86. The molecule has 0 aromatic heterocycles. The van der Waals surface area contributed by atoms with Gasteiger partial charge >= 0.3 is 0 Å². The molecular weight excluding hydrogens is 176 g/mol. The Kier molecular flexibility index (Phi) is 3.57. The zero-order valence-corrected chi connectivity index (χ0v) is 8.27. The van der Waals surface area contributed by atoms with Gasteiger partial charge in [-0.25, -0.2) is 0 Å². The molecular formula is C11H12N2O. The number of anilines is 1. The van der Waals surface area contributed by atoms with Crippen LogP contribution in [0.15, 0.2) is 36.5 Å². The lowest BCUT2D eigenvalue weighted by Crippen LogP contribution is -2.07. The van der Waals surface area contributed by atoms with Crippen LogP contribution in [0.4, 0.5) is 5.69 Å². The Hall–Kier alpha value is -1.95. The van der Waals surface area contributed by atoms with Crippen molar-refractivity contribution in [3.63, 3.8) is 0 Å². The molecule has 0 N–H and O–H groups in total. The summed E-state index contributed by atoms with van der Waals surface area (Å²) in [5.74, 6) is 0.825. The lowest BCUT2D eigenvalue weighted by Gasteiger charge is -2.13. The van der Waals surface area contributed by atoms with Gasteiger partial charge in [0, 0.05) is 25.0 Å². The SMILES string of the molecule is COc1ccc(N(C)/C=C/C#N)cc1. The summed E-state index contributed by atoms with van der Waals surface area (Å²) in [5.41, 5.74) is 1.01. The number of methoxy groups -OCH3 is 1. The molecule has 0 spiro atoms. The summed E-state index contributed by atoms with van der Waals surface area (Å²) in [6.07, 6.45) is 3.14. The van der Waals surface area contributed by atoms with E-state index in [-0.39, 0.29) is 0 Å². The van der Waals surface area contributed by atoms with Crippen LogP contribution in [-0.2, 0) is 0 Å². The lowest BCUT2D eigenvalue weighted by atomic mass is 10.3. The van der Waals surface area contributed by atoms with Crippen molar-refractivity contribution in [3.8, 4) is 11.8 Å². The van der Waals surface area contributed by atoms with Crippen molar-refractivity contribution >= 4 is 5.69 Å². The molecule has 0 fully saturated rings. The number of allylic oxidation sites excluding steroid dienone is 1. The van der Waals surface area contributed by atoms with E-state index >= 15 is 0 Å². The van der Waals surface area contributed by atoms with E-state index in [1.807, 2.05) is 42.3 Å². The largest absolute Gasteiger partial charge is 0.497 e. The first kappa shape index (κ1) is 10.1. The van der Waals surface area contributed by atoms with E-state index in [0.717, 1.165) is 11.4 Å². The third-order valence-corrected chi connectivity index (χ3v) is 1.85. The van der Waals surface area contributed by atoms with Crippen LogP contribution in [-0.4, -0.2) is 14.2 Å². The number of hydrogen-bond acceptors (Lipinski definition) is 3. The highest BCUT2D eigenvalue weighted by Gasteiger charge is 1.96. The fourth-order valence-corrected chi connectivity index (χ4v) is 1.05. The summed E-state index contributed by atoms with van der Waals surface area (Å²) in [6.45, 7) is 0. The van der Waals surface area contributed by atoms with E-state index in [2.05, 4.69) is 0 Å². The normalized spacial score (nSPS) is 9.79. The molecule has 0 aliphatic carbocycles. The minimum Gasteiger partial charge on any atom is -0.497 e. The molecule has 1 rings (SSSR count). The van der Waals surface area contributed by atoms with Gasteiger partial charge in [-0.2, -0.15) is 5.26 Å². The summed E-state index contributed by atoms with van der Waals surface area (Å²) in [7, 11) is 3.52. The Morgan fingerprint density at radius 3 is 2.50 bits per heavy atom. The van der Waals surface area contributed by atoms with Crippen LogP contribution in [0.25, 0.3) is 0 Å². The maximum absolute atomic E-state index is 8.36. The minimum atomic E-state index is 0.825. The molecule has 0 aliphatic rings. The first-order valence-corrected chi connectivity index (χ1v) is 4.21. The van der Waals surface area contributed by atoms with Crippen molar-refractivity contribution in [3.05, 3.63) is 36.5 Å². The summed E-state index contributed by atoms with van der Waals surface area (Å²) in [5, 5.41) is 8.36. The van der Waals surface area contributed by atoms with E-state index in [1.165, 1.54) is 6.08 Å². The van der Waals surface area contributed by atoms with Crippen molar-refractivity contribution in [1.29, 1.82) is 5.26 Å². The van der Waals surface area contributed by atoms with Gasteiger partial charge < -0.3 is 9.64 Å². The fourth-order valence-electron chi connectivity index (χ4n) is 1.05. The zero-order chi connectivity index (χ0) is 10.4. The Labute approximate surface area is 83.8 Å². The second-order valence-corrected chi connectivity index (χ2v) is 2.75. The Bertz CT molecular complexity index is 349. The molecule has 1 aromatic rings. The Morgan fingerprint density at radius 1 is 1.36 bits per heavy atom. The van der Waals surface area contributed by atoms with Crippen molar-refractivity contribution in [2.45, 2.75) is 0 Å². The molecule has 0 heterocycles. The molecule has 0 bridgehead atoms. The second kappa shape index (κ2) is 4.93. The Balaban J connectivity index is 2.77. The molecule has 0 atom stereocenters. The number of rotatable bonds is 3. The van der Waals surface area contributed by atoms with Gasteiger partial charge in [-0.15, -0.1) is 0 Å². The van der Waals surface area contributed by atoms with Crippen LogP contribution in [0.2, 0.25) is 0 Å². The van der Waals surface area contributed by atoms with Gasteiger partial charge in [0.05, 0.1) is 13.2 Å². The first-order valence-electron chi connectivity index (χ1n) is 4.21. The smallest absolute Gasteiger partial charge is 0.119 e. The van der Waals surface area contributed by atoms with E-state index in [1.54, 1.807) is 13.3 Å². The fraction of sp³-hybridized carbons (Fsp3) is 0.182. The monoisotopic (exact) mass is 188 g/mol. The maximum Gasteiger partial charge on any atom is 0.119 e.